The molecule has 1 aromatic rings. The van der Waals surface area contributed by atoms with E-state index in [2.05, 4.69) is 48.0 Å². The van der Waals surface area contributed by atoms with Crippen LogP contribution in [0.1, 0.15) is 11.1 Å². The van der Waals surface area contributed by atoms with E-state index >= 15 is 0 Å². The molecule has 0 aromatic heterocycles. The van der Waals surface area contributed by atoms with Crippen LogP contribution in [0, 0.1) is 13.8 Å². The molecule has 0 spiro atoms. The molecule has 1 aromatic carbocycles. The Morgan fingerprint density at radius 3 is 2.20 bits per heavy atom. The largest absolute Gasteiger partial charge is 0.344 e. The third-order valence-electron chi connectivity index (χ3n) is 1.31. The van der Waals surface area contributed by atoms with Gasteiger partial charge in [-0.05, 0) is 25.5 Å². The minimum absolute atomic E-state index is 0. The SMILES string of the molecule is Cc1ccc(Br)c(C)c1.N. The molecule has 0 fully saturated rings. The first-order valence-corrected chi connectivity index (χ1v) is 3.72. The molecule has 1 nitrogen and oxygen atoms in total. The zero-order valence-electron chi connectivity index (χ0n) is 6.32. The van der Waals surface area contributed by atoms with Crippen molar-refractivity contribution in [2.45, 2.75) is 13.8 Å². The average Bonchev–Trinajstić information content (AvgIpc) is 1.80. The zero-order valence-corrected chi connectivity index (χ0v) is 7.90. The molecule has 0 aliphatic rings. The van der Waals surface area contributed by atoms with E-state index in [0.29, 0.717) is 0 Å². The fourth-order valence-electron chi connectivity index (χ4n) is 0.795. The monoisotopic (exact) mass is 201 g/mol. The molecule has 56 valence electrons. The van der Waals surface area contributed by atoms with E-state index in [-0.39, 0.29) is 6.15 Å². The summed E-state index contributed by atoms with van der Waals surface area (Å²) in [4.78, 5) is 0. The van der Waals surface area contributed by atoms with Gasteiger partial charge in [0.05, 0.1) is 0 Å². The Kier molecular flexibility index (Phi) is 3.61. The highest BCUT2D eigenvalue weighted by atomic mass is 79.9. The molecule has 10 heavy (non-hydrogen) atoms. The molecule has 0 aliphatic carbocycles. The summed E-state index contributed by atoms with van der Waals surface area (Å²) in [6.45, 7) is 4.19. The van der Waals surface area contributed by atoms with Crippen LogP contribution < -0.4 is 6.15 Å². The van der Waals surface area contributed by atoms with E-state index in [1.54, 1.807) is 0 Å². The minimum atomic E-state index is 0. The summed E-state index contributed by atoms with van der Waals surface area (Å²) >= 11 is 3.43. The summed E-state index contributed by atoms with van der Waals surface area (Å²) in [6, 6.07) is 6.33. The molecule has 0 atom stereocenters. The molecule has 0 saturated carbocycles. The molecule has 0 saturated heterocycles. The summed E-state index contributed by atoms with van der Waals surface area (Å²) in [6.07, 6.45) is 0. The Morgan fingerprint density at radius 2 is 1.80 bits per heavy atom. The topological polar surface area (TPSA) is 35.0 Å². The maximum absolute atomic E-state index is 3.43. The van der Waals surface area contributed by atoms with Crippen molar-refractivity contribution in [2.24, 2.45) is 0 Å². The van der Waals surface area contributed by atoms with E-state index in [9.17, 15) is 0 Å². The number of halogens is 1. The van der Waals surface area contributed by atoms with Crippen molar-refractivity contribution < 1.29 is 0 Å². The van der Waals surface area contributed by atoms with E-state index < -0.39 is 0 Å². The highest BCUT2D eigenvalue weighted by Crippen LogP contribution is 2.15. The smallest absolute Gasteiger partial charge is 0.0204 e. The molecular formula is C8H12BrN. The lowest BCUT2D eigenvalue weighted by molar-refractivity contribution is 1.36. The van der Waals surface area contributed by atoms with E-state index in [0.717, 1.165) is 0 Å². The third kappa shape index (κ3) is 2.12. The van der Waals surface area contributed by atoms with Gasteiger partial charge >= 0.3 is 0 Å². The molecule has 0 radical (unpaired) electrons. The zero-order chi connectivity index (χ0) is 6.85. The predicted molar refractivity (Wildman–Crippen MR) is 48.6 cm³/mol. The molecule has 2 heteroatoms. The molecule has 0 heterocycles. The van der Waals surface area contributed by atoms with Crippen LogP contribution in [0.5, 0.6) is 0 Å². The highest BCUT2D eigenvalue weighted by molar-refractivity contribution is 9.10. The van der Waals surface area contributed by atoms with Gasteiger partial charge in [0.25, 0.3) is 0 Å². The van der Waals surface area contributed by atoms with Crippen LogP contribution in [0.4, 0.5) is 0 Å². The van der Waals surface area contributed by atoms with Gasteiger partial charge in [-0.3, -0.25) is 0 Å². The second kappa shape index (κ2) is 3.74. The second-order valence-electron chi connectivity index (χ2n) is 2.25. The van der Waals surface area contributed by atoms with Gasteiger partial charge in [-0.1, -0.05) is 33.6 Å². The van der Waals surface area contributed by atoms with Crippen LogP contribution in [-0.2, 0) is 0 Å². The van der Waals surface area contributed by atoms with Crippen molar-refractivity contribution in [3.8, 4) is 0 Å². The van der Waals surface area contributed by atoms with Crippen molar-refractivity contribution in [2.75, 3.05) is 0 Å². The molecule has 3 N–H and O–H groups in total. The lowest BCUT2D eigenvalue weighted by Gasteiger charge is -1.96. The van der Waals surface area contributed by atoms with Crippen LogP contribution in [0.3, 0.4) is 0 Å². The summed E-state index contributed by atoms with van der Waals surface area (Å²) < 4.78 is 1.19. The number of benzene rings is 1. The normalized spacial score (nSPS) is 8.70. The van der Waals surface area contributed by atoms with Gasteiger partial charge in [0.2, 0.25) is 0 Å². The lowest BCUT2D eigenvalue weighted by atomic mass is 10.2. The van der Waals surface area contributed by atoms with Crippen LogP contribution >= 0.6 is 15.9 Å². The second-order valence-corrected chi connectivity index (χ2v) is 3.11. The summed E-state index contributed by atoms with van der Waals surface area (Å²) in [5.74, 6) is 0. The third-order valence-corrected chi connectivity index (χ3v) is 2.20. The fourth-order valence-corrected chi connectivity index (χ4v) is 1.04. The van der Waals surface area contributed by atoms with Gasteiger partial charge < -0.3 is 6.15 Å². The maximum Gasteiger partial charge on any atom is 0.0204 e. The number of aryl methyl sites for hydroxylation is 2. The van der Waals surface area contributed by atoms with Crippen LogP contribution in [0.2, 0.25) is 0 Å². The molecule has 0 amide bonds. The Hall–Kier alpha value is -0.340. The van der Waals surface area contributed by atoms with Crippen LogP contribution in [0.25, 0.3) is 0 Å². The summed E-state index contributed by atoms with van der Waals surface area (Å²) in [7, 11) is 0. The van der Waals surface area contributed by atoms with Crippen molar-refractivity contribution >= 4 is 15.9 Å². The Balaban J connectivity index is 0.000000810. The van der Waals surface area contributed by atoms with Gasteiger partial charge in [-0.2, -0.15) is 0 Å². The van der Waals surface area contributed by atoms with Gasteiger partial charge in [0.15, 0.2) is 0 Å². The Bertz CT molecular complexity index is 220. The number of hydrogen-bond acceptors (Lipinski definition) is 1. The van der Waals surface area contributed by atoms with E-state index in [4.69, 9.17) is 0 Å². The predicted octanol–water partition coefficient (Wildman–Crippen LogP) is 3.23. The molecule has 0 aliphatic heterocycles. The van der Waals surface area contributed by atoms with Gasteiger partial charge in [0.1, 0.15) is 0 Å². The summed E-state index contributed by atoms with van der Waals surface area (Å²) in [5, 5.41) is 0. The van der Waals surface area contributed by atoms with Crippen LogP contribution in [-0.4, -0.2) is 0 Å². The lowest BCUT2D eigenvalue weighted by Crippen LogP contribution is -1.75. The first kappa shape index (κ1) is 9.66. The highest BCUT2D eigenvalue weighted by Gasteiger charge is 1.90. The molecular weight excluding hydrogens is 190 g/mol. The first-order chi connectivity index (χ1) is 4.20. The standard InChI is InChI=1S/C8H9Br.H3N/c1-6-3-4-8(9)7(2)5-6;/h3-5H,1-2H3;1H3. The van der Waals surface area contributed by atoms with Crippen molar-refractivity contribution in [1.29, 1.82) is 0 Å². The van der Waals surface area contributed by atoms with Gasteiger partial charge in [-0.15, -0.1) is 0 Å². The average molecular weight is 202 g/mol. The van der Waals surface area contributed by atoms with Gasteiger partial charge in [-0.25, -0.2) is 0 Å². The first-order valence-electron chi connectivity index (χ1n) is 2.93. The maximum atomic E-state index is 3.43. The fraction of sp³-hybridized carbons (Fsp3) is 0.250. The van der Waals surface area contributed by atoms with Crippen LogP contribution in [0.15, 0.2) is 22.7 Å². The Morgan fingerprint density at radius 1 is 1.20 bits per heavy atom. The number of hydrogen-bond donors (Lipinski definition) is 1. The molecule has 0 bridgehead atoms. The van der Waals surface area contributed by atoms with Crippen molar-refractivity contribution in [3.63, 3.8) is 0 Å². The van der Waals surface area contributed by atoms with Gasteiger partial charge in [0, 0.05) is 4.47 Å². The van der Waals surface area contributed by atoms with Crippen molar-refractivity contribution in [3.05, 3.63) is 33.8 Å². The van der Waals surface area contributed by atoms with E-state index in [1.807, 2.05) is 0 Å². The van der Waals surface area contributed by atoms with E-state index in [1.165, 1.54) is 15.6 Å². The molecule has 1 rings (SSSR count). The number of rotatable bonds is 0. The minimum Gasteiger partial charge on any atom is -0.344 e. The quantitative estimate of drug-likeness (QED) is 0.688. The molecule has 0 unspecified atom stereocenters. The Labute approximate surface area is 70.2 Å². The summed E-state index contributed by atoms with van der Waals surface area (Å²) in [5.41, 5.74) is 2.62. The van der Waals surface area contributed by atoms with Crippen molar-refractivity contribution in [1.82, 2.24) is 6.15 Å².